The second kappa shape index (κ2) is 5.67. The summed E-state index contributed by atoms with van der Waals surface area (Å²) in [6.07, 6.45) is 2.41. The van der Waals surface area contributed by atoms with Crippen LogP contribution < -0.4 is 11.3 Å². The third kappa shape index (κ3) is 3.40. The fourth-order valence-electron chi connectivity index (χ4n) is 1.16. The predicted molar refractivity (Wildman–Crippen MR) is 59.7 cm³/mol. The van der Waals surface area contributed by atoms with Gasteiger partial charge in [0.2, 0.25) is 5.91 Å². The summed E-state index contributed by atoms with van der Waals surface area (Å²) in [5.41, 5.74) is 4.37. The van der Waals surface area contributed by atoms with Crippen molar-refractivity contribution in [3.8, 4) is 0 Å². The second-order valence-electron chi connectivity index (χ2n) is 2.99. The Hall–Kier alpha value is -1.00. The molecule has 3 N–H and O–H groups in total. The molecule has 1 aromatic rings. The molecule has 1 aromatic carbocycles. The zero-order valence-corrected chi connectivity index (χ0v) is 8.93. The van der Waals surface area contributed by atoms with E-state index in [-0.39, 0.29) is 5.91 Å². The number of hydrogen-bond acceptors (Lipinski definition) is 3. The van der Waals surface area contributed by atoms with Crippen LogP contribution in [0.1, 0.15) is 11.1 Å². The van der Waals surface area contributed by atoms with Crippen molar-refractivity contribution in [3.05, 3.63) is 35.4 Å². The van der Waals surface area contributed by atoms with Gasteiger partial charge in [0.1, 0.15) is 0 Å². The van der Waals surface area contributed by atoms with Crippen LogP contribution in [0.3, 0.4) is 0 Å². The topological polar surface area (TPSA) is 55.1 Å². The number of benzene rings is 1. The van der Waals surface area contributed by atoms with E-state index >= 15 is 0 Å². The van der Waals surface area contributed by atoms with Crippen molar-refractivity contribution in [1.82, 2.24) is 5.43 Å². The molecule has 0 heterocycles. The van der Waals surface area contributed by atoms with Crippen LogP contribution in [0, 0.1) is 0 Å². The summed E-state index contributed by atoms with van der Waals surface area (Å²) in [7, 11) is 0. The van der Waals surface area contributed by atoms with E-state index in [1.807, 2.05) is 24.3 Å². The molecule has 0 aliphatic heterocycles. The van der Waals surface area contributed by atoms with Crippen molar-refractivity contribution in [2.24, 2.45) is 5.84 Å². The fraction of sp³-hybridized carbons (Fsp3) is 0.300. The van der Waals surface area contributed by atoms with Gasteiger partial charge in [-0.2, -0.15) is 11.8 Å². The summed E-state index contributed by atoms with van der Waals surface area (Å²) >= 11 is 1.78. The summed E-state index contributed by atoms with van der Waals surface area (Å²) in [5, 5.41) is 0. The molecule has 1 rings (SSSR count). The molecule has 0 bridgehead atoms. The molecule has 1 amide bonds. The number of hydrazine groups is 1. The van der Waals surface area contributed by atoms with Gasteiger partial charge in [0.15, 0.2) is 0 Å². The Balaban J connectivity index is 2.59. The van der Waals surface area contributed by atoms with Crippen molar-refractivity contribution >= 4 is 17.7 Å². The van der Waals surface area contributed by atoms with Crippen LogP contribution >= 0.6 is 11.8 Å². The Bertz CT molecular complexity index is 297. The smallest absolute Gasteiger partial charge is 0.238 e. The van der Waals surface area contributed by atoms with Gasteiger partial charge in [0.05, 0.1) is 6.42 Å². The Labute approximate surface area is 88.0 Å². The lowest BCUT2D eigenvalue weighted by molar-refractivity contribution is -0.120. The van der Waals surface area contributed by atoms with Gasteiger partial charge in [0.25, 0.3) is 0 Å². The maximum Gasteiger partial charge on any atom is 0.238 e. The van der Waals surface area contributed by atoms with Gasteiger partial charge < -0.3 is 0 Å². The SMILES string of the molecule is CSCc1ccc(CC(=O)NN)cc1. The van der Waals surface area contributed by atoms with Crippen molar-refractivity contribution in [2.75, 3.05) is 6.26 Å². The van der Waals surface area contributed by atoms with Crippen LogP contribution in [0.2, 0.25) is 0 Å². The van der Waals surface area contributed by atoms with Crippen molar-refractivity contribution in [2.45, 2.75) is 12.2 Å². The minimum Gasteiger partial charge on any atom is -0.294 e. The predicted octanol–water partition coefficient (Wildman–Crippen LogP) is 1.08. The Morgan fingerprint density at radius 3 is 2.43 bits per heavy atom. The maximum absolute atomic E-state index is 11.0. The molecule has 4 heteroatoms. The monoisotopic (exact) mass is 210 g/mol. The number of hydrogen-bond donors (Lipinski definition) is 2. The number of thioether (sulfide) groups is 1. The number of carbonyl (C=O) groups excluding carboxylic acids is 1. The summed E-state index contributed by atoms with van der Waals surface area (Å²) < 4.78 is 0. The van der Waals surface area contributed by atoms with Crippen molar-refractivity contribution in [3.63, 3.8) is 0 Å². The van der Waals surface area contributed by atoms with E-state index in [0.29, 0.717) is 6.42 Å². The van der Waals surface area contributed by atoms with E-state index in [1.54, 1.807) is 11.8 Å². The van der Waals surface area contributed by atoms with Gasteiger partial charge in [-0.3, -0.25) is 10.2 Å². The lowest BCUT2D eigenvalue weighted by Gasteiger charge is -2.02. The van der Waals surface area contributed by atoms with Crippen LogP contribution in [0.25, 0.3) is 0 Å². The largest absolute Gasteiger partial charge is 0.294 e. The molecular formula is C10H14N2OS. The first-order chi connectivity index (χ1) is 6.76. The zero-order chi connectivity index (χ0) is 10.4. The summed E-state index contributed by atoms with van der Waals surface area (Å²) in [6, 6.07) is 7.99. The van der Waals surface area contributed by atoms with Gasteiger partial charge in [-0.15, -0.1) is 0 Å². The van der Waals surface area contributed by atoms with E-state index < -0.39 is 0 Å². The van der Waals surface area contributed by atoms with Crippen LogP contribution in [0.4, 0.5) is 0 Å². The molecule has 0 atom stereocenters. The Kier molecular flexibility index (Phi) is 4.49. The minimum absolute atomic E-state index is 0.164. The van der Waals surface area contributed by atoms with Crippen LogP contribution in [-0.2, 0) is 17.0 Å². The number of amides is 1. The molecule has 0 aliphatic rings. The standard InChI is InChI=1S/C10H14N2OS/c1-14-7-9-4-2-8(3-5-9)6-10(13)12-11/h2-5H,6-7,11H2,1H3,(H,12,13). The Morgan fingerprint density at radius 1 is 1.36 bits per heavy atom. The maximum atomic E-state index is 11.0. The first-order valence-electron chi connectivity index (χ1n) is 4.32. The zero-order valence-electron chi connectivity index (χ0n) is 8.12. The highest BCUT2D eigenvalue weighted by Crippen LogP contribution is 2.10. The first-order valence-corrected chi connectivity index (χ1v) is 5.72. The molecule has 0 radical (unpaired) electrons. The molecule has 0 aromatic heterocycles. The average Bonchev–Trinajstić information content (AvgIpc) is 2.21. The van der Waals surface area contributed by atoms with E-state index in [4.69, 9.17) is 5.84 Å². The lowest BCUT2D eigenvalue weighted by Crippen LogP contribution is -2.31. The summed E-state index contributed by atoms with van der Waals surface area (Å²) in [5.74, 6) is 5.83. The van der Waals surface area contributed by atoms with E-state index in [2.05, 4.69) is 11.7 Å². The molecule has 0 unspecified atom stereocenters. The number of carbonyl (C=O) groups is 1. The van der Waals surface area contributed by atoms with Gasteiger partial charge in [-0.05, 0) is 17.4 Å². The van der Waals surface area contributed by atoms with Gasteiger partial charge >= 0.3 is 0 Å². The summed E-state index contributed by atoms with van der Waals surface area (Å²) in [4.78, 5) is 11.0. The molecule has 0 spiro atoms. The number of rotatable bonds is 4. The van der Waals surface area contributed by atoms with E-state index in [0.717, 1.165) is 11.3 Å². The molecule has 0 saturated carbocycles. The number of nitrogens with one attached hydrogen (secondary N) is 1. The normalized spacial score (nSPS) is 9.86. The highest BCUT2D eigenvalue weighted by molar-refractivity contribution is 7.97. The molecule has 76 valence electrons. The van der Waals surface area contributed by atoms with Gasteiger partial charge in [0, 0.05) is 5.75 Å². The highest BCUT2D eigenvalue weighted by atomic mass is 32.2. The minimum atomic E-state index is -0.164. The summed E-state index contributed by atoms with van der Waals surface area (Å²) in [6.45, 7) is 0. The number of nitrogens with two attached hydrogens (primary N) is 1. The Morgan fingerprint density at radius 2 is 1.93 bits per heavy atom. The van der Waals surface area contributed by atoms with Crippen LogP contribution in [0.5, 0.6) is 0 Å². The average molecular weight is 210 g/mol. The third-order valence-corrected chi connectivity index (χ3v) is 2.48. The quantitative estimate of drug-likeness (QED) is 0.444. The van der Waals surface area contributed by atoms with Gasteiger partial charge in [-0.1, -0.05) is 24.3 Å². The molecule has 0 aliphatic carbocycles. The van der Waals surface area contributed by atoms with E-state index in [1.165, 1.54) is 5.56 Å². The fourth-order valence-corrected chi connectivity index (χ4v) is 1.68. The van der Waals surface area contributed by atoms with Crippen molar-refractivity contribution in [1.29, 1.82) is 0 Å². The first kappa shape index (κ1) is 11.1. The van der Waals surface area contributed by atoms with Crippen molar-refractivity contribution < 1.29 is 4.79 Å². The van der Waals surface area contributed by atoms with Gasteiger partial charge in [-0.25, -0.2) is 5.84 Å². The van der Waals surface area contributed by atoms with Crippen LogP contribution in [-0.4, -0.2) is 12.2 Å². The molecule has 3 nitrogen and oxygen atoms in total. The molecule has 0 saturated heterocycles. The lowest BCUT2D eigenvalue weighted by atomic mass is 10.1. The van der Waals surface area contributed by atoms with Crippen LogP contribution in [0.15, 0.2) is 24.3 Å². The molecular weight excluding hydrogens is 196 g/mol. The molecule has 0 fully saturated rings. The molecule has 14 heavy (non-hydrogen) atoms. The second-order valence-corrected chi connectivity index (χ2v) is 3.86. The highest BCUT2D eigenvalue weighted by Gasteiger charge is 2.00. The third-order valence-electron chi connectivity index (χ3n) is 1.86. The van der Waals surface area contributed by atoms with E-state index in [9.17, 15) is 4.79 Å².